The molecule has 0 saturated carbocycles. The fraction of sp³-hybridized carbons (Fsp3) is 0. The number of aromatic hydroxyl groups is 1. The molecule has 8 heteroatoms. The standard InChI is InChI=1S/C12H8ClN3O4/c13-10-5-14-9(4-15-10)11(18)16-8-2-1-6(17)3-7(8)12(19)20/h1-5,17H,(H,16,18)(H,19,20). The Morgan fingerprint density at radius 3 is 2.55 bits per heavy atom. The highest BCUT2D eigenvalue weighted by atomic mass is 35.5. The normalized spacial score (nSPS) is 10.1. The minimum atomic E-state index is -1.28. The lowest BCUT2D eigenvalue weighted by Gasteiger charge is -2.08. The number of phenolic OH excluding ortho intramolecular Hbond substituents is 1. The van der Waals surface area contributed by atoms with E-state index >= 15 is 0 Å². The number of carboxylic acids is 1. The average molecular weight is 294 g/mol. The minimum Gasteiger partial charge on any atom is -0.508 e. The highest BCUT2D eigenvalue weighted by Crippen LogP contribution is 2.21. The van der Waals surface area contributed by atoms with Crippen molar-refractivity contribution in [2.24, 2.45) is 0 Å². The molecular weight excluding hydrogens is 286 g/mol. The number of benzene rings is 1. The zero-order valence-electron chi connectivity index (χ0n) is 9.87. The molecule has 0 aliphatic heterocycles. The van der Waals surface area contributed by atoms with Crippen LogP contribution < -0.4 is 5.32 Å². The Morgan fingerprint density at radius 2 is 1.95 bits per heavy atom. The summed E-state index contributed by atoms with van der Waals surface area (Å²) in [7, 11) is 0. The van der Waals surface area contributed by atoms with E-state index in [4.69, 9.17) is 16.7 Å². The first-order valence-corrected chi connectivity index (χ1v) is 5.70. The number of halogens is 1. The zero-order valence-corrected chi connectivity index (χ0v) is 10.6. The van der Waals surface area contributed by atoms with E-state index in [0.29, 0.717) is 0 Å². The van der Waals surface area contributed by atoms with Crippen molar-refractivity contribution in [3.05, 3.63) is 47.0 Å². The summed E-state index contributed by atoms with van der Waals surface area (Å²) in [6.45, 7) is 0. The molecule has 102 valence electrons. The Balaban J connectivity index is 2.28. The summed E-state index contributed by atoms with van der Waals surface area (Å²) in [6.07, 6.45) is 2.36. The Bertz CT molecular complexity index is 673. The molecule has 0 saturated heterocycles. The topological polar surface area (TPSA) is 112 Å². The van der Waals surface area contributed by atoms with Gasteiger partial charge in [-0.15, -0.1) is 0 Å². The van der Waals surface area contributed by atoms with Gasteiger partial charge in [-0.3, -0.25) is 4.79 Å². The van der Waals surface area contributed by atoms with E-state index < -0.39 is 11.9 Å². The summed E-state index contributed by atoms with van der Waals surface area (Å²) in [5.74, 6) is -2.13. The van der Waals surface area contributed by atoms with Crippen molar-refractivity contribution in [2.45, 2.75) is 0 Å². The van der Waals surface area contributed by atoms with Gasteiger partial charge in [0.25, 0.3) is 5.91 Å². The van der Waals surface area contributed by atoms with Gasteiger partial charge in [0.1, 0.15) is 16.6 Å². The van der Waals surface area contributed by atoms with Gasteiger partial charge in [-0.25, -0.2) is 14.8 Å². The van der Waals surface area contributed by atoms with E-state index in [1.54, 1.807) is 0 Å². The van der Waals surface area contributed by atoms with Gasteiger partial charge in [0.15, 0.2) is 0 Å². The monoisotopic (exact) mass is 293 g/mol. The molecule has 1 aromatic carbocycles. The Morgan fingerprint density at radius 1 is 1.20 bits per heavy atom. The zero-order chi connectivity index (χ0) is 14.7. The van der Waals surface area contributed by atoms with E-state index in [1.165, 1.54) is 24.5 Å². The fourth-order valence-corrected chi connectivity index (χ4v) is 1.53. The van der Waals surface area contributed by atoms with Gasteiger partial charge in [0.05, 0.1) is 23.6 Å². The predicted molar refractivity (Wildman–Crippen MR) is 70.1 cm³/mol. The Hall–Kier alpha value is -2.67. The maximum Gasteiger partial charge on any atom is 0.337 e. The SMILES string of the molecule is O=C(Nc1ccc(O)cc1C(=O)O)c1cnc(Cl)cn1. The molecule has 0 radical (unpaired) electrons. The first-order chi connectivity index (χ1) is 9.47. The number of anilines is 1. The van der Waals surface area contributed by atoms with Crippen LogP contribution in [0, 0.1) is 0 Å². The number of nitrogens with one attached hydrogen (secondary N) is 1. The minimum absolute atomic E-state index is 0.0150. The van der Waals surface area contributed by atoms with Crippen molar-refractivity contribution in [2.75, 3.05) is 5.32 Å². The van der Waals surface area contributed by atoms with E-state index in [0.717, 1.165) is 6.07 Å². The lowest BCUT2D eigenvalue weighted by molar-refractivity contribution is 0.0697. The number of hydrogen-bond donors (Lipinski definition) is 3. The number of aromatic carboxylic acids is 1. The molecule has 1 heterocycles. The second-order valence-electron chi connectivity index (χ2n) is 3.71. The largest absolute Gasteiger partial charge is 0.508 e. The smallest absolute Gasteiger partial charge is 0.337 e. The summed E-state index contributed by atoms with van der Waals surface area (Å²) in [6, 6.07) is 3.57. The van der Waals surface area contributed by atoms with Crippen LogP contribution in [0.15, 0.2) is 30.6 Å². The quantitative estimate of drug-likeness (QED) is 0.744. The number of nitrogens with zero attached hydrogens (tertiary/aromatic N) is 2. The molecule has 0 aliphatic rings. The van der Waals surface area contributed by atoms with E-state index in [2.05, 4.69) is 15.3 Å². The molecule has 0 atom stereocenters. The molecule has 3 N–H and O–H groups in total. The van der Waals surface area contributed by atoms with Crippen LogP contribution in [0.2, 0.25) is 5.15 Å². The maximum atomic E-state index is 11.9. The van der Waals surface area contributed by atoms with E-state index in [1.807, 2.05) is 0 Å². The molecule has 1 aromatic heterocycles. The second-order valence-corrected chi connectivity index (χ2v) is 4.10. The summed E-state index contributed by atoms with van der Waals surface area (Å²) in [5, 5.41) is 20.8. The molecule has 0 aliphatic carbocycles. The summed E-state index contributed by atoms with van der Waals surface area (Å²) < 4.78 is 0. The molecule has 2 aromatic rings. The molecule has 20 heavy (non-hydrogen) atoms. The van der Waals surface area contributed by atoms with Crippen molar-refractivity contribution >= 4 is 29.2 Å². The Kier molecular flexibility index (Phi) is 3.81. The van der Waals surface area contributed by atoms with Crippen molar-refractivity contribution < 1.29 is 19.8 Å². The number of carboxylic acid groups (broad SMARTS) is 1. The molecule has 0 bridgehead atoms. The second kappa shape index (κ2) is 5.54. The van der Waals surface area contributed by atoms with Crippen LogP contribution in [-0.2, 0) is 0 Å². The third-order valence-electron chi connectivity index (χ3n) is 2.33. The first kappa shape index (κ1) is 13.8. The highest BCUT2D eigenvalue weighted by molar-refractivity contribution is 6.29. The van der Waals surface area contributed by atoms with Crippen LogP contribution in [0.25, 0.3) is 0 Å². The lowest BCUT2D eigenvalue weighted by Crippen LogP contribution is -2.16. The molecule has 0 fully saturated rings. The fourth-order valence-electron chi connectivity index (χ4n) is 1.43. The van der Waals surface area contributed by atoms with Gasteiger partial charge in [-0.05, 0) is 18.2 Å². The van der Waals surface area contributed by atoms with E-state index in [9.17, 15) is 14.7 Å². The van der Waals surface area contributed by atoms with Crippen LogP contribution >= 0.6 is 11.6 Å². The molecular formula is C12H8ClN3O4. The average Bonchev–Trinajstić information content (AvgIpc) is 2.41. The van der Waals surface area contributed by atoms with Crippen LogP contribution in [0.4, 0.5) is 5.69 Å². The number of hydrogen-bond acceptors (Lipinski definition) is 5. The number of phenols is 1. The van der Waals surface area contributed by atoms with Gasteiger partial charge in [0, 0.05) is 0 Å². The van der Waals surface area contributed by atoms with Crippen molar-refractivity contribution in [3.63, 3.8) is 0 Å². The molecule has 7 nitrogen and oxygen atoms in total. The number of amides is 1. The third-order valence-corrected chi connectivity index (χ3v) is 2.53. The van der Waals surface area contributed by atoms with Crippen LogP contribution in [-0.4, -0.2) is 32.1 Å². The summed E-state index contributed by atoms with van der Waals surface area (Å²) >= 11 is 5.55. The molecule has 0 unspecified atom stereocenters. The van der Waals surface area contributed by atoms with Crippen molar-refractivity contribution in [3.8, 4) is 5.75 Å². The molecule has 0 spiro atoms. The predicted octanol–water partition coefficient (Wildman–Crippen LogP) is 1.79. The summed E-state index contributed by atoms with van der Waals surface area (Å²) in [5.41, 5.74) is -0.212. The lowest BCUT2D eigenvalue weighted by atomic mass is 10.1. The van der Waals surface area contributed by atoms with Gasteiger partial charge in [0.2, 0.25) is 0 Å². The maximum absolute atomic E-state index is 11.9. The van der Waals surface area contributed by atoms with Crippen LogP contribution in [0.5, 0.6) is 5.75 Å². The number of aromatic nitrogens is 2. The molecule has 1 amide bonds. The van der Waals surface area contributed by atoms with Gasteiger partial charge < -0.3 is 15.5 Å². The van der Waals surface area contributed by atoms with Crippen LogP contribution in [0.1, 0.15) is 20.8 Å². The first-order valence-electron chi connectivity index (χ1n) is 5.32. The number of carbonyl (C=O) groups excluding carboxylic acids is 1. The van der Waals surface area contributed by atoms with Gasteiger partial charge in [-0.2, -0.15) is 0 Å². The van der Waals surface area contributed by atoms with Gasteiger partial charge >= 0.3 is 5.97 Å². The molecule has 2 rings (SSSR count). The number of rotatable bonds is 3. The van der Waals surface area contributed by atoms with Crippen molar-refractivity contribution in [1.82, 2.24) is 9.97 Å². The van der Waals surface area contributed by atoms with Crippen molar-refractivity contribution in [1.29, 1.82) is 0 Å². The third kappa shape index (κ3) is 3.01. The van der Waals surface area contributed by atoms with E-state index in [-0.39, 0.29) is 27.8 Å². The van der Waals surface area contributed by atoms with Crippen LogP contribution in [0.3, 0.4) is 0 Å². The van der Waals surface area contributed by atoms with Gasteiger partial charge in [-0.1, -0.05) is 11.6 Å². The highest BCUT2D eigenvalue weighted by Gasteiger charge is 2.15. The summed E-state index contributed by atoms with van der Waals surface area (Å²) in [4.78, 5) is 30.4. The Labute approximate surface area is 117 Å². The number of carbonyl (C=O) groups is 2.